The first-order chi connectivity index (χ1) is 11.4. The number of ether oxygens (including phenoxy) is 1. The summed E-state index contributed by atoms with van der Waals surface area (Å²) in [6.45, 7) is 6.22. The number of nitrogens with one attached hydrogen (secondary N) is 2. The number of urea groups is 1. The first-order valence-corrected chi connectivity index (χ1v) is 7.75. The number of carbonyl (C=O) groups excluding carboxylic acids is 3. The van der Waals surface area contributed by atoms with Crippen LogP contribution in [0.2, 0.25) is 0 Å². The quantitative estimate of drug-likeness (QED) is 0.315. The van der Waals surface area contributed by atoms with Crippen molar-refractivity contribution in [1.29, 1.82) is 5.41 Å². The molecule has 1 aromatic carbocycles. The minimum atomic E-state index is -1.30. The van der Waals surface area contributed by atoms with Crippen molar-refractivity contribution in [3.05, 3.63) is 35.4 Å². The molecule has 2 rings (SSSR count). The SMILES string of the molecule is CC(C)(C)OC(=O)CN1C(=O)N[C@](C)(c2ccc(C(=N)N)cc2)C1=O.Cl. The van der Waals surface area contributed by atoms with Crippen molar-refractivity contribution >= 4 is 36.2 Å². The summed E-state index contributed by atoms with van der Waals surface area (Å²) in [5.74, 6) is -1.30. The van der Waals surface area contributed by atoms with Crippen molar-refractivity contribution in [2.24, 2.45) is 5.73 Å². The van der Waals surface area contributed by atoms with Crippen LogP contribution in [0.4, 0.5) is 4.79 Å². The van der Waals surface area contributed by atoms with Crippen molar-refractivity contribution in [2.45, 2.75) is 38.8 Å². The maximum atomic E-state index is 12.7. The lowest BCUT2D eigenvalue weighted by molar-refractivity contribution is -0.157. The summed E-state index contributed by atoms with van der Waals surface area (Å²) in [5, 5.41) is 10.0. The molecule has 1 aliphatic rings. The standard InChI is InChI=1S/C17H22N4O4.ClH/c1-16(2,3)25-12(22)9-21-14(23)17(4,20-15(21)24)11-7-5-10(6-8-11)13(18)19;/h5-8H,9H2,1-4H3,(H3,18,19)(H,20,24);1H/t17-;/m1./s1. The summed E-state index contributed by atoms with van der Waals surface area (Å²) in [4.78, 5) is 37.7. The van der Waals surface area contributed by atoms with E-state index in [1.807, 2.05) is 0 Å². The third kappa shape index (κ3) is 4.32. The molecular formula is C17H23ClN4O4. The Morgan fingerprint density at radius 3 is 2.27 bits per heavy atom. The van der Waals surface area contributed by atoms with Gasteiger partial charge in [0.25, 0.3) is 5.91 Å². The predicted molar refractivity (Wildman–Crippen MR) is 98.1 cm³/mol. The second-order valence-corrected chi connectivity index (χ2v) is 7.02. The summed E-state index contributed by atoms with van der Waals surface area (Å²) in [6, 6.07) is 5.77. The van der Waals surface area contributed by atoms with Crippen LogP contribution in [0.15, 0.2) is 24.3 Å². The molecule has 3 amide bonds. The van der Waals surface area contributed by atoms with Crippen LogP contribution in [-0.2, 0) is 19.9 Å². The summed E-state index contributed by atoms with van der Waals surface area (Å²) in [7, 11) is 0. The van der Waals surface area contributed by atoms with Gasteiger partial charge < -0.3 is 15.8 Å². The number of halogens is 1. The van der Waals surface area contributed by atoms with Gasteiger partial charge in [0.15, 0.2) is 0 Å². The summed E-state index contributed by atoms with van der Waals surface area (Å²) >= 11 is 0. The van der Waals surface area contributed by atoms with Gasteiger partial charge in [0.1, 0.15) is 23.5 Å². The zero-order valence-corrected chi connectivity index (χ0v) is 15.9. The van der Waals surface area contributed by atoms with Gasteiger partial charge in [-0.15, -0.1) is 12.4 Å². The van der Waals surface area contributed by atoms with Gasteiger partial charge in [-0.05, 0) is 33.3 Å². The number of carbonyl (C=O) groups is 3. The monoisotopic (exact) mass is 382 g/mol. The summed E-state index contributed by atoms with van der Waals surface area (Å²) in [5.41, 5.74) is 4.45. The maximum Gasteiger partial charge on any atom is 0.326 e. The lowest BCUT2D eigenvalue weighted by Gasteiger charge is -2.23. The number of nitrogens with two attached hydrogens (primary N) is 1. The van der Waals surface area contributed by atoms with Crippen LogP contribution >= 0.6 is 12.4 Å². The molecule has 0 aliphatic carbocycles. The van der Waals surface area contributed by atoms with Crippen molar-refractivity contribution in [3.63, 3.8) is 0 Å². The molecule has 0 spiro atoms. The first kappa shape index (κ1) is 21.4. The third-order valence-electron chi connectivity index (χ3n) is 3.76. The average Bonchev–Trinajstić information content (AvgIpc) is 2.70. The minimum absolute atomic E-state index is 0. The fourth-order valence-corrected chi connectivity index (χ4v) is 2.52. The number of esters is 1. The van der Waals surface area contributed by atoms with E-state index in [0.717, 1.165) is 4.90 Å². The number of nitrogen functional groups attached to an aromatic ring is 1. The molecule has 1 fully saturated rings. The summed E-state index contributed by atoms with van der Waals surface area (Å²) < 4.78 is 5.16. The van der Waals surface area contributed by atoms with E-state index in [1.54, 1.807) is 52.0 Å². The van der Waals surface area contributed by atoms with E-state index in [1.165, 1.54) is 0 Å². The number of nitrogens with zero attached hydrogens (tertiary/aromatic N) is 1. The van der Waals surface area contributed by atoms with E-state index in [2.05, 4.69) is 5.32 Å². The molecule has 1 aromatic rings. The number of imide groups is 1. The van der Waals surface area contributed by atoms with E-state index >= 15 is 0 Å². The van der Waals surface area contributed by atoms with Crippen LogP contribution in [-0.4, -0.2) is 40.8 Å². The molecule has 1 aliphatic heterocycles. The van der Waals surface area contributed by atoms with E-state index in [0.29, 0.717) is 11.1 Å². The highest BCUT2D eigenvalue weighted by Gasteiger charge is 2.49. The van der Waals surface area contributed by atoms with Crippen LogP contribution in [0.1, 0.15) is 38.8 Å². The molecule has 0 saturated carbocycles. The van der Waals surface area contributed by atoms with E-state index in [9.17, 15) is 14.4 Å². The Morgan fingerprint density at radius 1 is 1.27 bits per heavy atom. The number of hydrogen-bond donors (Lipinski definition) is 3. The Labute approximate surface area is 158 Å². The van der Waals surface area contributed by atoms with Gasteiger partial charge in [-0.2, -0.15) is 0 Å². The van der Waals surface area contributed by atoms with Gasteiger partial charge in [0.05, 0.1) is 0 Å². The lowest BCUT2D eigenvalue weighted by atomic mass is 9.91. The maximum absolute atomic E-state index is 12.7. The van der Waals surface area contributed by atoms with Gasteiger partial charge in [-0.1, -0.05) is 24.3 Å². The van der Waals surface area contributed by atoms with E-state index < -0.39 is 35.6 Å². The highest BCUT2D eigenvalue weighted by molar-refractivity contribution is 6.09. The normalized spacial score (nSPS) is 19.6. The Balaban J connectivity index is 0.00000338. The molecule has 1 atom stereocenters. The average molecular weight is 383 g/mol. The Morgan fingerprint density at radius 2 is 1.81 bits per heavy atom. The fourth-order valence-electron chi connectivity index (χ4n) is 2.52. The van der Waals surface area contributed by atoms with Crippen molar-refractivity contribution in [2.75, 3.05) is 6.54 Å². The lowest BCUT2D eigenvalue weighted by Crippen LogP contribution is -2.42. The number of amides is 3. The summed E-state index contributed by atoms with van der Waals surface area (Å²) in [6.07, 6.45) is 0. The van der Waals surface area contributed by atoms with E-state index in [-0.39, 0.29) is 18.2 Å². The Hall–Kier alpha value is -2.61. The van der Waals surface area contributed by atoms with Gasteiger partial charge >= 0.3 is 12.0 Å². The molecule has 0 radical (unpaired) electrons. The molecule has 0 unspecified atom stereocenters. The van der Waals surface area contributed by atoms with Gasteiger partial charge in [0, 0.05) is 5.56 Å². The molecule has 0 bridgehead atoms. The molecule has 26 heavy (non-hydrogen) atoms. The van der Waals surface area contributed by atoms with Crippen molar-refractivity contribution < 1.29 is 19.1 Å². The highest BCUT2D eigenvalue weighted by atomic mass is 35.5. The molecule has 1 saturated heterocycles. The molecule has 9 heteroatoms. The van der Waals surface area contributed by atoms with Gasteiger partial charge in [-0.3, -0.25) is 19.9 Å². The molecule has 4 N–H and O–H groups in total. The van der Waals surface area contributed by atoms with Gasteiger partial charge in [0.2, 0.25) is 0 Å². The van der Waals surface area contributed by atoms with E-state index in [4.69, 9.17) is 15.9 Å². The van der Waals surface area contributed by atoms with Crippen LogP contribution in [0.5, 0.6) is 0 Å². The molecule has 1 heterocycles. The molecule has 8 nitrogen and oxygen atoms in total. The first-order valence-electron chi connectivity index (χ1n) is 7.75. The minimum Gasteiger partial charge on any atom is -0.459 e. The smallest absolute Gasteiger partial charge is 0.326 e. The second-order valence-electron chi connectivity index (χ2n) is 7.02. The highest BCUT2D eigenvalue weighted by Crippen LogP contribution is 2.29. The van der Waals surface area contributed by atoms with Crippen LogP contribution in [0.25, 0.3) is 0 Å². The third-order valence-corrected chi connectivity index (χ3v) is 3.76. The number of benzene rings is 1. The van der Waals surface area contributed by atoms with Crippen LogP contribution in [0, 0.1) is 5.41 Å². The Kier molecular flexibility index (Phi) is 6.04. The second kappa shape index (κ2) is 7.33. The van der Waals surface area contributed by atoms with Gasteiger partial charge in [-0.25, -0.2) is 4.79 Å². The number of rotatable bonds is 4. The number of hydrogen-bond acceptors (Lipinski definition) is 5. The number of amidine groups is 1. The van der Waals surface area contributed by atoms with Crippen molar-refractivity contribution in [3.8, 4) is 0 Å². The van der Waals surface area contributed by atoms with Crippen LogP contribution in [0.3, 0.4) is 0 Å². The zero-order chi connectivity index (χ0) is 19.0. The Bertz CT molecular complexity index is 742. The van der Waals surface area contributed by atoms with Crippen LogP contribution < -0.4 is 11.1 Å². The largest absolute Gasteiger partial charge is 0.459 e. The molecule has 0 aromatic heterocycles. The molecular weight excluding hydrogens is 360 g/mol. The molecule has 142 valence electrons. The van der Waals surface area contributed by atoms with Crippen molar-refractivity contribution in [1.82, 2.24) is 10.2 Å². The predicted octanol–water partition coefficient (Wildman–Crippen LogP) is 1.50. The fraction of sp³-hybridized carbons (Fsp3) is 0.412. The zero-order valence-electron chi connectivity index (χ0n) is 15.1. The topological polar surface area (TPSA) is 126 Å².